The number of benzene rings is 2. The van der Waals surface area contributed by atoms with Crippen LogP contribution in [0.25, 0.3) is 23.2 Å². The van der Waals surface area contributed by atoms with Gasteiger partial charge in [-0.05, 0) is 30.4 Å². The Morgan fingerprint density at radius 1 is 0.864 bits per heavy atom. The van der Waals surface area contributed by atoms with E-state index in [0.29, 0.717) is 11.5 Å². The number of rotatable bonds is 4. The van der Waals surface area contributed by atoms with Gasteiger partial charge in [-0.3, -0.25) is 4.98 Å². The Kier molecular flexibility index (Phi) is 4.01. The summed E-state index contributed by atoms with van der Waals surface area (Å²) in [5.74, 6) is 1.41. The van der Waals surface area contributed by atoms with Gasteiger partial charge in [0.2, 0.25) is 0 Å². The Balaban J connectivity index is 1.96. The fraction of sp³-hybridized carbons (Fsp3) is 0.111. The lowest BCUT2D eigenvalue weighted by Crippen LogP contribution is -1.92. The Hall–Kier alpha value is -2.88. The Morgan fingerprint density at radius 3 is 2.45 bits per heavy atom. The van der Waals surface area contributed by atoms with Crippen molar-refractivity contribution in [3.63, 3.8) is 0 Å². The first-order valence-electron chi connectivity index (χ1n) is 6.92. The second-order valence-corrected chi connectivity index (χ2v) is 4.70. The summed E-state index contributed by atoms with van der Waals surface area (Å²) in [7, 11) is 3.26. The maximum absolute atomic E-state index is 5.41. The molecule has 0 bridgehead atoms. The second kappa shape index (κ2) is 6.26. The first-order chi connectivity index (χ1) is 10.8. The monoisotopic (exact) mass is 292 g/mol. The van der Waals surface area contributed by atoms with Crippen molar-refractivity contribution in [2.45, 2.75) is 0 Å². The molecule has 0 radical (unpaired) electrons. The van der Waals surface area contributed by atoms with Gasteiger partial charge in [-0.25, -0.2) is 4.98 Å². The van der Waals surface area contributed by atoms with Crippen molar-refractivity contribution < 1.29 is 9.47 Å². The maximum Gasteiger partial charge on any atom is 0.167 e. The summed E-state index contributed by atoms with van der Waals surface area (Å²) in [5, 5.41) is 0. The first kappa shape index (κ1) is 14.1. The van der Waals surface area contributed by atoms with E-state index in [4.69, 9.17) is 9.47 Å². The molecule has 3 aromatic rings. The van der Waals surface area contributed by atoms with Crippen molar-refractivity contribution in [2.75, 3.05) is 14.2 Å². The summed E-state index contributed by atoms with van der Waals surface area (Å²) in [6.45, 7) is 0. The molecule has 0 saturated heterocycles. The molecule has 4 nitrogen and oxygen atoms in total. The Labute approximate surface area is 129 Å². The molecular formula is C18H16N2O2. The van der Waals surface area contributed by atoms with Crippen LogP contribution in [0.1, 0.15) is 11.3 Å². The van der Waals surface area contributed by atoms with Crippen molar-refractivity contribution in [2.24, 2.45) is 0 Å². The predicted octanol–water partition coefficient (Wildman–Crippen LogP) is 3.82. The van der Waals surface area contributed by atoms with Crippen molar-refractivity contribution in [3.05, 3.63) is 59.9 Å². The predicted molar refractivity (Wildman–Crippen MR) is 88.0 cm³/mol. The molecule has 0 unspecified atom stereocenters. The molecule has 3 rings (SSSR count). The fourth-order valence-electron chi connectivity index (χ4n) is 2.27. The SMILES string of the molecule is COc1cccc(/C=C/c2cnc3ccccc3n2)c1OC. The fourth-order valence-corrected chi connectivity index (χ4v) is 2.27. The van der Waals surface area contributed by atoms with Gasteiger partial charge in [0.25, 0.3) is 0 Å². The van der Waals surface area contributed by atoms with Gasteiger partial charge >= 0.3 is 0 Å². The topological polar surface area (TPSA) is 44.2 Å². The zero-order valence-electron chi connectivity index (χ0n) is 12.5. The van der Waals surface area contributed by atoms with E-state index in [9.17, 15) is 0 Å². The number of methoxy groups -OCH3 is 2. The smallest absolute Gasteiger partial charge is 0.167 e. The normalized spacial score (nSPS) is 11.0. The summed E-state index contributed by atoms with van der Waals surface area (Å²) in [5.41, 5.74) is 3.49. The molecule has 22 heavy (non-hydrogen) atoms. The number of hydrogen-bond donors (Lipinski definition) is 0. The van der Waals surface area contributed by atoms with Crippen molar-refractivity contribution in [1.29, 1.82) is 0 Å². The van der Waals surface area contributed by atoms with Crippen LogP contribution in [-0.2, 0) is 0 Å². The molecule has 2 aromatic carbocycles. The van der Waals surface area contributed by atoms with Gasteiger partial charge < -0.3 is 9.47 Å². The van der Waals surface area contributed by atoms with E-state index in [-0.39, 0.29) is 0 Å². The lowest BCUT2D eigenvalue weighted by Gasteiger charge is -2.09. The van der Waals surface area contributed by atoms with Crippen molar-refractivity contribution in [3.8, 4) is 11.5 Å². The lowest BCUT2D eigenvalue weighted by molar-refractivity contribution is 0.354. The molecular weight excluding hydrogens is 276 g/mol. The van der Waals surface area contributed by atoms with E-state index < -0.39 is 0 Å². The molecule has 0 aliphatic carbocycles. The molecule has 0 amide bonds. The molecule has 0 saturated carbocycles. The molecule has 0 spiro atoms. The highest BCUT2D eigenvalue weighted by atomic mass is 16.5. The van der Waals surface area contributed by atoms with Crippen LogP contribution in [0.2, 0.25) is 0 Å². The van der Waals surface area contributed by atoms with Crippen molar-refractivity contribution in [1.82, 2.24) is 9.97 Å². The largest absolute Gasteiger partial charge is 0.493 e. The zero-order valence-corrected chi connectivity index (χ0v) is 12.5. The van der Waals surface area contributed by atoms with E-state index in [0.717, 1.165) is 22.3 Å². The van der Waals surface area contributed by atoms with Crippen LogP contribution in [0.15, 0.2) is 48.7 Å². The van der Waals surface area contributed by atoms with E-state index in [1.165, 1.54) is 0 Å². The average Bonchev–Trinajstić information content (AvgIpc) is 2.59. The number of nitrogens with zero attached hydrogens (tertiary/aromatic N) is 2. The third-order valence-corrected chi connectivity index (χ3v) is 3.33. The first-order valence-corrected chi connectivity index (χ1v) is 6.92. The van der Waals surface area contributed by atoms with E-state index in [2.05, 4.69) is 9.97 Å². The molecule has 0 fully saturated rings. The molecule has 1 aromatic heterocycles. The minimum absolute atomic E-state index is 0.703. The summed E-state index contributed by atoms with van der Waals surface area (Å²) in [4.78, 5) is 8.97. The van der Waals surface area contributed by atoms with Gasteiger partial charge in [-0.2, -0.15) is 0 Å². The standard InChI is InChI=1S/C18H16N2O2/c1-21-17-9-5-6-13(18(17)22-2)10-11-14-12-19-15-7-3-4-8-16(15)20-14/h3-12H,1-2H3/b11-10+. The number of ether oxygens (including phenoxy) is 2. The van der Waals surface area contributed by atoms with E-state index >= 15 is 0 Å². The minimum atomic E-state index is 0.703. The van der Waals surface area contributed by atoms with Crippen molar-refractivity contribution >= 4 is 23.2 Å². The number of aromatic nitrogens is 2. The summed E-state index contributed by atoms with van der Waals surface area (Å²) in [6, 6.07) is 13.6. The van der Waals surface area contributed by atoms with Gasteiger partial charge in [0.05, 0.1) is 37.1 Å². The number of para-hydroxylation sites is 3. The molecule has 110 valence electrons. The average molecular weight is 292 g/mol. The van der Waals surface area contributed by atoms with Crippen LogP contribution >= 0.6 is 0 Å². The number of hydrogen-bond acceptors (Lipinski definition) is 4. The molecule has 0 aliphatic rings. The van der Waals surface area contributed by atoms with Gasteiger partial charge in [0, 0.05) is 5.56 Å². The summed E-state index contributed by atoms with van der Waals surface area (Å²) < 4.78 is 10.7. The highest BCUT2D eigenvalue weighted by Gasteiger charge is 2.06. The van der Waals surface area contributed by atoms with Gasteiger partial charge in [0.15, 0.2) is 11.5 Å². The van der Waals surface area contributed by atoms with Gasteiger partial charge in [-0.15, -0.1) is 0 Å². The molecule has 0 aliphatic heterocycles. The molecule has 1 heterocycles. The van der Waals surface area contributed by atoms with E-state index in [1.807, 2.05) is 54.6 Å². The van der Waals surface area contributed by atoms with Crippen LogP contribution < -0.4 is 9.47 Å². The molecule has 0 atom stereocenters. The highest BCUT2D eigenvalue weighted by Crippen LogP contribution is 2.31. The highest BCUT2D eigenvalue weighted by molar-refractivity contribution is 5.78. The molecule has 4 heteroatoms. The van der Waals surface area contributed by atoms with E-state index in [1.54, 1.807) is 20.4 Å². The molecule has 0 N–H and O–H groups in total. The lowest BCUT2D eigenvalue weighted by atomic mass is 10.1. The summed E-state index contributed by atoms with van der Waals surface area (Å²) in [6.07, 6.45) is 5.61. The van der Waals surface area contributed by atoms with Crippen LogP contribution in [0.3, 0.4) is 0 Å². The number of fused-ring (bicyclic) bond motifs is 1. The van der Waals surface area contributed by atoms with Gasteiger partial charge in [-0.1, -0.05) is 24.3 Å². The van der Waals surface area contributed by atoms with Gasteiger partial charge in [0.1, 0.15) is 0 Å². The minimum Gasteiger partial charge on any atom is -0.493 e. The third-order valence-electron chi connectivity index (χ3n) is 3.33. The van der Waals surface area contributed by atoms with Crippen LogP contribution in [-0.4, -0.2) is 24.2 Å². The summed E-state index contributed by atoms with van der Waals surface area (Å²) >= 11 is 0. The van der Waals surface area contributed by atoms with Crippen LogP contribution in [0, 0.1) is 0 Å². The van der Waals surface area contributed by atoms with Crippen LogP contribution in [0.4, 0.5) is 0 Å². The Bertz CT molecular complexity index is 828. The maximum atomic E-state index is 5.41. The van der Waals surface area contributed by atoms with Crippen LogP contribution in [0.5, 0.6) is 11.5 Å². The third kappa shape index (κ3) is 2.76. The Morgan fingerprint density at radius 2 is 1.68 bits per heavy atom. The second-order valence-electron chi connectivity index (χ2n) is 4.70. The quantitative estimate of drug-likeness (QED) is 0.733. The zero-order chi connectivity index (χ0) is 15.4.